The van der Waals surface area contributed by atoms with Gasteiger partial charge < -0.3 is 29.3 Å². The van der Waals surface area contributed by atoms with Gasteiger partial charge >= 0.3 is 5.97 Å². The predicted molar refractivity (Wildman–Crippen MR) is 117 cm³/mol. The number of anilines is 2. The van der Waals surface area contributed by atoms with E-state index in [-0.39, 0.29) is 39.2 Å². The summed E-state index contributed by atoms with van der Waals surface area (Å²) in [6.45, 7) is -0.659. The maximum atomic E-state index is 13.2. The zero-order valence-electron chi connectivity index (χ0n) is 17.4. The predicted octanol–water partition coefficient (Wildman–Crippen LogP) is 4.14. The Morgan fingerprint density at radius 3 is 2.39 bits per heavy atom. The smallest absolute Gasteiger partial charge is 0.340 e. The van der Waals surface area contributed by atoms with Gasteiger partial charge in [0.2, 0.25) is 0 Å². The molecule has 2 aromatic carbocycles. The van der Waals surface area contributed by atoms with E-state index in [1.165, 1.54) is 56.9 Å². The van der Waals surface area contributed by atoms with Crippen LogP contribution in [0.5, 0.6) is 11.5 Å². The van der Waals surface area contributed by atoms with Crippen molar-refractivity contribution in [1.29, 1.82) is 0 Å². The molecular formula is C22H18ClFN2O7. The molecule has 3 aromatic rings. The standard InChI is InChI=1S/C22H18ClFN2O7/c1-30-18-9-13(16(10-19(18)31-2)26-21(28)17-4-3-7-32-17)22(29)33-11-20(27)25-12-5-6-15(24)14(23)8-12/h3-10H,11H2,1-2H3,(H,25,27)(H,26,28). The van der Waals surface area contributed by atoms with Gasteiger partial charge in [-0.2, -0.15) is 0 Å². The van der Waals surface area contributed by atoms with Crippen molar-refractivity contribution in [3.63, 3.8) is 0 Å². The molecule has 0 saturated carbocycles. The van der Waals surface area contributed by atoms with E-state index in [1.54, 1.807) is 0 Å². The molecule has 0 bridgehead atoms. The van der Waals surface area contributed by atoms with Gasteiger partial charge in [-0.3, -0.25) is 9.59 Å². The maximum Gasteiger partial charge on any atom is 0.340 e. The molecule has 0 aliphatic rings. The quantitative estimate of drug-likeness (QED) is 0.469. The van der Waals surface area contributed by atoms with Crippen molar-refractivity contribution >= 4 is 40.8 Å². The number of nitrogens with one attached hydrogen (secondary N) is 2. The molecule has 0 spiro atoms. The lowest BCUT2D eigenvalue weighted by Gasteiger charge is -2.15. The van der Waals surface area contributed by atoms with Crippen LogP contribution in [0.25, 0.3) is 0 Å². The maximum absolute atomic E-state index is 13.2. The number of rotatable bonds is 8. The summed E-state index contributed by atoms with van der Waals surface area (Å²) in [6, 6.07) is 9.26. The van der Waals surface area contributed by atoms with Gasteiger partial charge in [0.1, 0.15) is 5.82 Å². The second-order valence-corrected chi connectivity index (χ2v) is 6.84. The molecule has 1 aromatic heterocycles. The van der Waals surface area contributed by atoms with Gasteiger partial charge in [0.25, 0.3) is 11.8 Å². The van der Waals surface area contributed by atoms with Crippen LogP contribution < -0.4 is 20.1 Å². The van der Waals surface area contributed by atoms with Crippen LogP contribution in [0, 0.1) is 5.82 Å². The minimum absolute atomic E-state index is 0.0152. The Labute approximate surface area is 192 Å². The SMILES string of the molecule is COc1cc(NC(=O)c2ccco2)c(C(=O)OCC(=O)Nc2ccc(F)c(Cl)c2)cc1OC. The molecule has 0 aliphatic heterocycles. The summed E-state index contributed by atoms with van der Waals surface area (Å²) >= 11 is 5.68. The fourth-order valence-electron chi connectivity index (χ4n) is 2.72. The minimum Gasteiger partial charge on any atom is -0.493 e. The van der Waals surface area contributed by atoms with Gasteiger partial charge in [0.15, 0.2) is 23.9 Å². The number of amides is 2. The number of methoxy groups -OCH3 is 2. The molecule has 0 radical (unpaired) electrons. The number of hydrogen-bond acceptors (Lipinski definition) is 7. The van der Waals surface area contributed by atoms with Gasteiger partial charge in [-0.25, -0.2) is 9.18 Å². The fraction of sp³-hybridized carbons (Fsp3) is 0.136. The van der Waals surface area contributed by atoms with E-state index in [9.17, 15) is 18.8 Å². The monoisotopic (exact) mass is 476 g/mol. The average Bonchev–Trinajstić information content (AvgIpc) is 3.35. The highest BCUT2D eigenvalue weighted by Crippen LogP contribution is 2.34. The van der Waals surface area contributed by atoms with E-state index in [2.05, 4.69) is 10.6 Å². The summed E-state index contributed by atoms with van der Waals surface area (Å²) in [5, 5.41) is 4.79. The summed E-state index contributed by atoms with van der Waals surface area (Å²) in [4.78, 5) is 37.2. The van der Waals surface area contributed by atoms with Crippen LogP contribution in [0.4, 0.5) is 15.8 Å². The normalized spacial score (nSPS) is 10.3. The van der Waals surface area contributed by atoms with Crippen LogP contribution in [0.3, 0.4) is 0 Å². The third kappa shape index (κ3) is 5.80. The first-order chi connectivity index (χ1) is 15.8. The first kappa shape index (κ1) is 23.6. The lowest BCUT2D eigenvalue weighted by Crippen LogP contribution is -2.22. The van der Waals surface area contributed by atoms with Gasteiger partial charge in [-0.05, 0) is 30.3 Å². The molecule has 172 valence electrons. The third-order valence-electron chi connectivity index (χ3n) is 4.27. The second-order valence-electron chi connectivity index (χ2n) is 6.44. The van der Waals surface area contributed by atoms with Crippen molar-refractivity contribution in [2.75, 3.05) is 31.5 Å². The molecule has 0 fully saturated rings. The zero-order valence-corrected chi connectivity index (χ0v) is 18.2. The highest BCUT2D eigenvalue weighted by molar-refractivity contribution is 6.31. The summed E-state index contributed by atoms with van der Waals surface area (Å²) in [7, 11) is 2.76. The second kappa shape index (κ2) is 10.5. The number of carbonyl (C=O) groups excluding carboxylic acids is 3. The van der Waals surface area contributed by atoms with Crippen molar-refractivity contribution in [2.45, 2.75) is 0 Å². The Hall–Kier alpha value is -4.05. The first-order valence-corrected chi connectivity index (χ1v) is 9.73. The van der Waals surface area contributed by atoms with Crippen LogP contribution in [0.15, 0.2) is 53.1 Å². The zero-order chi connectivity index (χ0) is 24.0. The number of ether oxygens (including phenoxy) is 3. The van der Waals surface area contributed by atoms with E-state index < -0.39 is 30.2 Å². The van der Waals surface area contributed by atoms with E-state index in [0.29, 0.717) is 0 Å². The number of benzene rings is 2. The topological polar surface area (TPSA) is 116 Å². The van der Waals surface area contributed by atoms with Crippen LogP contribution in [-0.4, -0.2) is 38.6 Å². The Kier molecular flexibility index (Phi) is 7.52. The van der Waals surface area contributed by atoms with Crippen LogP contribution in [-0.2, 0) is 9.53 Å². The Bertz CT molecular complexity index is 1180. The molecule has 0 atom stereocenters. The molecule has 0 unspecified atom stereocenters. The van der Waals surface area contributed by atoms with Gasteiger partial charge in [-0.1, -0.05) is 11.6 Å². The molecule has 2 amide bonds. The molecule has 1 heterocycles. The van der Waals surface area contributed by atoms with Gasteiger partial charge in [0, 0.05) is 17.8 Å². The number of carbonyl (C=O) groups is 3. The summed E-state index contributed by atoms with van der Waals surface area (Å²) in [6.07, 6.45) is 1.33. The Morgan fingerprint density at radius 1 is 1.03 bits per heavy atom. The van der Waals surface area contributed by atoms with Crippen molar-refractivity contribution in [3.8, 4) is 11.5 Å². The largest absolute Gasteiger partial charge is 0.493 e. The molecule has 0 aliphatic carbocycles. The molecule has 11 heteroatoms. The van der Waals surface area contributed by atoms with Crippen LogP contribution in [0.1, 0.15) is 20.9 Å². The highest BCUT2D eigenvalue weighted by atomic mass is 35.5. The molecule has 2 N–H and O–H groups in total. The van der Waals surface area contributed by atoms with E-state index in [0.717, 1.165) is 6.07 Å². The average molecular weight is 477 g/mol. The highest BCUT2D eigenvalue weighted by Gasteiger charge is 2.22. The lowest BCUT2D eigenvalue weighted by atomic mass is 10.1. The van der Waals surface area contributed by atoms with E-state index in [4.69, 9.17) is 30.2 Å². The van der Waals surface area contributed by atoms with Crippen molar-refractivity contribution in [1.82, 2.24) is 0 Å². The molecule has 9 nitrogen and oxygen atoms in total. The number of furan rings is 1. The minimum atomic E-state index is -0.919. The number of hydrogen-bond donors (Lipinski definition) is 2. The number of esters is 1. The summed E-state index contributed by atoms with van der Waals surface area (Å²) < 4.78 is 33.8. The first-order valence-electron chi connectivity index (χ1n) is 9.35. The van der Waals surface area contributed by atoms with Crippen LogP contribution >= 0.6 is 11.6 Å². The third-order valence-corrected chi connectivity index (χ3v) is 4.56. The summed E-state index contributed by atoms with van der Waals surface area (Å²) in [5.41, 5.74) is 0.176. The van der Waals surface area contributed by atoms with E-state index in [1.807, 2.05) is 0 Å². The number of halogens is 2. The fourth-order valence-corrected chi connectivity index (χ4v) is 2.90. The van der Waals surface area contributed by atoms with Crippen molar-refractivity contribution in [3.05, 3.63) is 70.9 Å². The van der Waals surface area contributed by atoms with Crippen molar-refractivity contribution in [2.24, 2.45) is 0 Å². The van der Waals surface area contributed by atoms with Gasteiger partial charge in [-0.15, -0.1) is 0 Å². The summed E-state index contributed by atoms with van der Waals surface area (Å²) in [5.74, 6) is -2.40. The van der Waals surface area contributed by atoms with Crippen molar-refractivity contribution < 1.29 is 37.4 Å². The Balaban J connectivity index is 1.76. The molecular weight excluding hydrogens is 459 g/mol. The molecule has 3 rings (SSSR count). The molecule has 33 heavy (non-hydrogen) atoms. The Morgan fingerprint density at radius 2 is 1.76 bits per heavy atom. The lowest BCUT2D eigenvalue weighted by molar-refractivity contribution is -0.119. The molecule has 0 saturated heterocycles. The van der Waals surface area contributed by atoms with Gasteiger partial charge in [0.05, 0.1) is 36.8 Å². The van der Waals surface area contributed by atoms with E-state index >= 15 is 0 Å². The van der Waals surface area contributed by atoms with Crippen LogP contribution in [0.2, 0.25) is 5.02 Å².